The number of hydrogen-bond acceptors (Lipinski definition) is 1. The standard InChI is InChI=1S/C11H21N2/c1-12(2)11-7-3-5-9-13(11)10-6-4-8-11/h1,3-10H2,2H3/q+1. The maximum absolute atomic E-state index is 4.13. The van der Waals surface area contributed by atoms with Gasteiger partial charge in [-0.3, -0.25) is 0 Å². The summed E-state index contributed by atoms with van der Waals surface area (Å²) in [6, 6.07) is 0. The highest BCUT2D eigenvalue weighted by Crippen LogP contribution is 2.36. The van der Waals surface area contributed by atoms with Crippen molar-refractivity contribution >= 4 is 6.72 Å². The fraction of sp³-hybridized carbons (Fsp3) is 0.909. The Kier molecular flexibility index (Phi) is 2.41. The van der Waals surface area contributed by atoms with Crippen LogP contribution in [0.15, 0.2) is 0 Å². The molecule has 2 heteroatoms. The highest BCUT2D eigenvalue weighted by atomic mass is 15.4. The van der Waals surface area contributed by atoms with E-state index in [1.165, 1.54) is 51.6 Å². The van der Waals surface area contributed by atoms with Crippen LogP contribution in [-0.4, -0.2) is 42.0 Å². The van der Waals surface area contributed by atoms with E-state index in [9.17, 15) is 0 Å². The number of fused-ring (bicyclic) bond motifs is 1. The van der Waals surface area contributed by atoms with Gasteiger partial charge in [-0.15, -0.1) is 0 Å². The van der Waals surface area contributed by atoms with E-state index in [-0.39, 0.29) is 0 Å². The summed E-state index contributed by atoms with van der Waals surface area (Å²) in [7, 11) is 2.14. The van der Waals surface area contributed by atoms with Gasteiger partial charge in [0.2, 0.25) is 5.66 Å². The van der Waals surface area contributed by atoms with Crippen molar-refractivity contribution < 1.29 is 4.58 Å². The van der Waals surface area contributed by atoms with Gasteiger partial charge in [-0.25, -0.2) is 9.48 Å². The lowest BCUT2D eigenvalue weighted by atomic mass is 9.86. The first-order valence-corrected chi connectivity index (χ1v) is 5.55. The lowest BCUT2D eigenvalue weighted by Crippen LogP contribution is -2.59. The summed E-state index contributed by atoms with van der Waals surface area (Å²) in [6.07, 6.45) is 8.19. The van der Waals surface area contributed by atoms with Gasteiger partial charge in [-0.05, 0) is 25.7 Å². The van der Waals surface area contributed by atoms with Crippen LogP contribution in [0, 0.1) is 0 Å². The van der Waals surface area contributed by atoms with Gasteiger partial charge in [-0.2, -0.15) is 0 Å². The Bertz CT molecular complexity index is 198. The minimum atomic E-state index is 0.330. The lowest BCUT2D eigenvalue weighted by molar-refractivity contribution is -0.616. The molecular formula is C11H21N2+. The molecule has 2 saturated heterocycles. The van der Waals surface area contributed by atoms with Crippen molar-refractivity contribution in [3.8, 4) is 0 Å². The Labute approximate surface area is 81.2 Å². The average Bonchev–Trinajstić information content (AvgIpc) is 2.17. The third-order valence-electron chi connectivity index (χ3n) is 3.81. The number of piperidine rings is 2. The van der Waals surface area contributed by atoms with Gasteiger partial charge < -0.3 is 0 Å². The van der Waals surface area contributed by atoms with Crippen LogP contribution in [0.2, 0.25) is 0 Å². The fourth-order valence-corrected chi connectivity index (χ4v) is 3.01. The van der Waals surface area contributed by atoms with E-state index in [0.717, 1.165) is 0 Å². The molecule has 0 radical (unpaired) electrons. The molecule has 0 N–H and O–H groups in total. The van der Waals surface area contributed by atoms with E-state index < -0.39 is 0 Å². The van der Waals surface area contributed by atoms with Gasteiger partial charge >= 0.3 is 0 Å². The first-order chi connectivity index (χ1) is 6.26. The maximum atomic E-state index is 4.13. The van der Waals surface area contributed by atoms with Gasteiger partial charge in [0.15, 0.2) is 0 Å². The van der Waals surface area contributed by atoms with E-state index in [1.54, 1.807) is 0 Å². The van der Waals surface area contributed by atoms with Crippen LogP contribution >= 0.6 is 0 Å². The van der Waals surface area contributed by atoms with Crippen molar-refractivity contribution in [3.63, 3.8) is 0 Å². The third kappa shape index (κ3) is 1.41. The van der Waals surface area contributed by atoms with Crippen molar-refractivity contribution in [1.82, 2.24) is 4.90 Å². The molecule has 0 aliphatic carbocycles. The number of nitrogens with zero attached hydrogens (tertiary/aromatic N) is 2. The molecule has 0 aromatic carbocycles. The van der Waals surface area contributed by atoms with Crippen LogP contribution in [0.25, 0.3) is 0 Å². The molecule has 0 bridgehead atoms. The average molecular weight is 181 g/mol. The highest BCUT2D eigenvalue weighted by molar-refractivity contribution is 5.15. The molecule has 74 valence electrons. The predicted octanol–water partition coefficient (Wildman–Crippen LogP) is 1.70. The first-order valence-electron chi connectivity index (χ1n) is 5.55. The summed E-state index contributed by atoms with van der Waals surface area (Å²) >= 11 is 0. The normalized spacial score (nSPS) is 28.1. The van der Waals surface area contributed by atoms with Crippen molar-refractivity contribution in [1.29, 1.82) is 0 Å². The predicted molar refractivity (Wildman–Crippen MR) is 55.3 cm³/mol. The second-order valence-corrected chi connectivity index (χ2v) is 4.58. The zero-order valence-corrected chi connectivity index (χ0v) is 8.76. The third-order valence-corrected chi connectivity index (χ3v) is 3.81. The van der Waals surface area contributed by atoms with Gasteiger partial charge in [0.1, 0.15) is 13.8 Å². The molecule has 2 aliphatic heterocycles. The van der Waals surface area contributed by atoms with Crippen molar-refractivity contribution in [2.45, 2.75) is 44.2 Å². The van der Waals surface area contributed by atoms with Crippen LogP contribution in [0.4, 0.5) is 0 Å². The summed E-state index contributed by atoms with van der Waals surface area (Å²) in [5.41, 5.74) is 0.330. The smallest absolute Gasteiger partial charge is 0.217 e. The highest BCUT2D eigenvalue weighted by Gasteiger charge is 2.47. The second kappa shape index (κ2) is 3.41. The van der Waals surface area contributed by atoms with Gasteiger partial charge in [-0.1, -0.05) is 0 Å². The van der Waals surface area contributed by atoms with Gasteiger partial charge in [0.05, 0.1) is 0 Å². The molecule has 0 aromatic heterocycles. The topological polar surface area (TPSA) is 6.25 Å². The molecule has 0 amide bonds. The number of hydrogen-bond donors (Lipinski definition) is 0. The molecule has 2 fully saturated rings. The molecule has 2 rings (SSSR count). The van der Waals surface area contributed by atoms with Gasteiger partial charge in [0.25, 0.3) is 0 Å². The lowest BCUT2D eigenvalue weighted by Gasteiger charge is -2.45. The quantitative estimate of drug-likeness (QED) is 0.441. The summed E-state index contributed by atoms with van der Waals surface area (Å²) < 4.78 is 2.21. The minimum absolute atomic E-state index is 0.330. The largest absolute Gasteiger partial charge is 0.243 e. The van der Waals surface area contributed by atoms with Crippen molar-refractivity contribution in [2.75, 3.05) is 20.1 Å². The summed E-state index contributed by atoms with van der Waals surface area (Å²) in [5, 5.41) is 0. The van der Waals surface area contributed by atoms with E-state index in [4.69, 9.17) is 0 Å². The summed E-state index contributed by atoms with van der Waals surface area (Å²) in [6.45, 7) is 6.71. The zero-order chi connectivity index (χ0) is 9.31. The van der Waals surface area contributed by atoms with Crippen LogP contribution in [0.3, 0.4) is 0 Å². The van der Waals surface area contributed by atoms with Crippen LogP contribution < -0.4 is 0 Å². The zero-order valence-electron chi connectivity index (χ0n) is 8.76. The molecule has 0 atom stereocenters. The molecule has 13 heavy (non-hydrogen) atoms. The molecular weight excluding hydrogens is 160 g/mol. The Morgan fingerprint density at radius 1 is 1.08 bits per heavy atom. The summed E-state index contributed by atoms with van der Waals surface area (Å²) in [5.74, 6) is 0. The van der Waals surface area contributed by atoms with E-state index in [2.05, 4.69) is 23.2 Å². The van der Waals surface area contributed by atoms with E-state index in [1.807, 2.05) is 0 Å². The monoisotopic (exact) mass is 181 g/mol. The van der Waals surface area contributed by atoms with Crippen LogP contribution in [-0.2, 0) is 0 Å². The SMILES string of the molecule is C=[N+](C)C12CCCCN1CCCC2. The molecule has 0 saturated carbocycles. The van der Waals surface area contributed by atoms with Gasteiger partial charge in [0, 0.05) is 25.9 Å². The summed E-state index contributed by atoms with van der Waals surface area (Å²) in [4.78, 5) is 2.66. The Hall–Kier alpha value is -0.370. The van der Waals surface area contributed by atoms with Crippen molar-refractivity contribution in [2.24, 2.45) is 0 Å². The van der Waals surface area contributed by atoms with E-state index >= 15 is 0 Å². The molecule has 0 unspecified atom stereocenters. The number of rotatable bonds is 1. The molecule has 2 heterocycles. The molecule has 0 spiro atoms. The Morgan fingerprint density at radius 3 is 2.00 bits per heavy atom. The van der Waals surface area contributed by atoms with Crippen LogP contribution in [0.1, 0.15) is 38.5 Å². The second-order valence-electron chi connectivity index (χ2n) is 4.58. The Balaban J connectivity index is 2.21. The minimum Gasteiger partial charge on any atom is -0.243 e. The molecule has 2 aliphatic rings. The fourth-order valence-electron chi connectivity index (χ4n) is 3.01. The first kappa shape index (κ1) is 9.20. The van der Waals surface area contributed by atoms with E-state index in [0.29, 0.717) is 5.66 Å². The van der Waals surface area contributed by atoms with Crippen LogP contribution in [0.5, 0.6) is 0 Å². The maximum Gasteiger partial charge on any atom is 0.217 e. The molecule has 0 aromatic rings. The van der Waals surface area contributed by atoms with Crippen molar-refractivity contribution in [3.05, 3.63) is 0 Å². The Morgan fingerprint density at radius 2 is 1.62 bits per heavy atom. The molecule has 2 nitrogen and oxygen atoms in total.